The maximum atomic E-state index is 11.1. The van der Waals surface area contributed by atoms with Gasteiger partial charge in [-0.1, -0.05) is 6.58 Å². The van der Waals surface area contributed by atoms with Crippen LogP contribution >= 0.6 is 0 Å². The molecule has 0 aromatic heterocycles. The number of hydrogen-bond donors (Lipinski definition) is 0. The first-order valence-electron chi connectivity index (χ1n) is 4.20. The first-order valence-corrected chi connectivity index (χ1v) is 4.20. The van der Waals surface area contributed by atoms with Crippen molar-refractivity contribution in [1.82, 2.24) is 4.90 Å². The van der Waals surface area contributed by atoms with Crippen LogP contribution in [0.1, 0.15) is 12.8 Å². The van der Waals surface area contributed by atoms with Crippen LogP contribution in [0.15, 0.2) is 12.7 Å². The molecule has 0 fully saturated rings. The van der Waals surface area contributed by atoms with Crippen LogP contribution in [-0.4, -0.2) is 35.8 Å². The molecule has 1 atom stereocenters. The summed E-state index contributed by atoms with van der Waals surface area (Å²) >= 11 is 0. The monoisotopic (exact) mass is 291 g/mol. The third kappa shape index (κ3) is 9.94. The second-order valence-electron chi connectivity index (χ2n) is 2.90. The summed E-state index contributed by atoms with van der Waals surface area (Å²) in [5.74, 6) is -3.49. The fourth-order valence-electron chi connectivity index (χ4n) is 1.02. The Labute approximate surface area is 185 Å². The van der Waals surface area contributed by atoms with Gasteiger partial charge in [0.05, 0.1) is 12.0 Å². The third-order valence-corrected chi connectivity index (χ3v) is 1.88. The summed E-state index contributed by atoms with van der Waals surface area (Å²) in [4.78, 5) is 32.7. The van der Waals surface area contributed by atoms with E-state index < -0.39 is 30.3 Å². The van der Waals surface area contributed by atoms with Crippen LogP contribution in [0.5, 0.6) is 0 Å². The van der Waals surface area contributed by atoms with E-state index >= 15 is 0 Å². The normalized spacial score (nSPS) is 10.2. The summed E-state index contributed by atoms with van der Waals surface area (Å²) in [6.07, 6.45) is 0.239. The molecule has 0 aliphatic rings. The maximum absolute atomic E-state index is 11.1. The molecule has 0 rings (SSSR count). The molecule has 0 unspecified atom stereocenters. The smallest absolute Gasteiger partial charge is 0.550 e. The van der Waals surface area contributed by atoms with Gasteiger partial charge >= 0.3 is 103 Å². The molecule has 8 heteroatoms. The molecule has 0 saturated carbocycles. The van der Waals surface area contributed by atoms with Gasteiger partial charge in [0.15, 0.2) is 0 Å². The molecule has 0 spiro atoms. The second kappa shape index (κ2) is 12.5. The van der Waals surface area contributed by atoms with Crippen molar-refractivity contribution in [2.75, 3.05) is 7.05 Å². The standard InChI is InChI=1S/C9H13NO5.2K/c1-3-7(11)10(2)6(9(14)15)4-5-8(12)13;;/h3,6H,1,4-5H2,2H3,(H,12,13)(H,14,15);;/q;2*+1/p-2/t6-;;/m0../s1. The molecule has 0 N–H and O–H groups in total. The van der Waals surface area contributed by atoms with Crippen LogP contribution in [0.4, 0.5) is 0 Å². The largest absolute Gasteiger partial charge is 1.00 e. The Balaban J connectivity index is -0.000000980. The number of amides is 1. The topological polar surface area (TPSA) is 101 Å². The van der Waals surface area contributed by atoms with Gasteiger partial charge in [-0.2, -0.15) is 0 Å². The van der Waals surface area contributed by atoms with Crippen LogP contribution in [0.2, 0.25) is 0 Å². The number of carbonyl (C=O) groups is 3. The number of hydrogen-bond acceptors (Lipinski definition) is 5. The average Bonchev–Trinajstić information content (AvgIpc) is 2.15. The van der Waals surface area contributed by atoms with Crippen LogP contribution in [-0.2, 0) is 14.4 Å². The van der Waals surface area contributed by atoms with Crippen LogP contribution in [0.3, 0.4) is 0 Å². The predicted molar refractivity (Wildman–Crippen MR) is 46.0 cm³/mol. The van der Waals surface area contributed by atoms with Gasteiger partial charge < -0.3 is 24.7 Å². The van der Waals surface area contributed by atoms with Gasteiger partial charge in [0, 0.05) is 13.0 Å². The Morgan fingerprint density at radius 1 is 1.29 bits per heavy atom. The molecule has 0 aromatic rings. The summed E-state index contributed by atoms with van der Waals surface area (Å²) in [5, 5.41) is 20.8. The fourth-order valence-corrected chi connectivity index (χ4v) is 1.02. The number of aliphatic carboxylic acids is 2. The molecule has 0 aliphatic heterocycles. The molecule has 0 aliphatic carbocycles. The van der Waals surface area contributed by atoms with E-state index in [1.165, 1.54) is 7.05 Å². The molecule has 84 valence electrons. The van der Waals surface area contributed by atoms with Crippen molar-refractivity contribution in [1.29, 1.82) is 0 Å². The molecular formula is C9H11K2NO5. The van der Waals surface area contributed by atoms with E-state index in [2.05, 4.69) is 6.58 Å². The van der Waals surface area contributed by atoms with Gasteiger partial charge in [-0.15, -0.1) is 0 Å². The Hall–Kier alpha value is 1.42. The Kier molecular flexibility index (Phi) is 17.2. The SMILES string of the molecule is C=CC(=O)N(C)[C@@H](CCC(=O)[O-])C(=O)[O-].[K+].[K+]. The summed E-state index contributed by atoms with van der Waals surface area (Å²) in [6.45, 7) is 3.19. The van der Waals surface area contributed by atoms with Crippen LogP contribution in [0.25, 0.3) is 0 Å². The summed E-state index contributed by atoms with van der Waals surface area (Å²) in [7, 11) is 1.24. The van der Waals surface area contributed by atoms with Crippen molar-refractivity contribution in [2.24, 2.45) is 0 Å². The minimum Gasteiger partial charge on any atom is -0.550 e. The van der Waals surface area contributed by atoms with E-state index in [4.69, 9.17) is 0 Å². The number of carboxylic acids is 2. The average molecular weight is 291 g/mol. The number of rotatable bonds is 6. The molecule has 0 radical (unpaired) electrons. The van der Waals surface area contributed by atoms with Crippen LogP contribution in [0, 0.1) is 0 Å². The van der Waals surface area contributed by atoms with Crippen molar-refractivity contribution in [3.63, 3.8) is 0 Å². The first-order chi connectivity index (χ1) is 6.90. The van der Waals surface area contributed by atoms with Crippen molar-refractivity contribution in [3.8, 4) is 0 Å². The third-order valence-electron chi connectivity index (χ3n) is 1.88. The van der Waals surface area contributed by atoms with Gasteiger partial charge in [-0.25, -0.2) is 0 Å². The van der Waals surface area contributed by atoms with Gasteiger partial charge in [0.25, 0.3) is 0 Å². The minimum absolute atomic E-state index is 0. The van der Waals surface area contributed by atoms with E-state index in [9.17, 15) is 24.6 Å². The zero-order chi connectivity index (χ0) is 12.0. The van der Waals surface area contributed by atoms with E-state index in [0.717, 1.165) is 11.0 Å². The Bertz CT molecular complexity index is 295. The maximum Gasteiger partial charge on any atom is 1.00 e. The molecular weight excluding hydrogens is 280 g/mol. The predicted octanol–water partition coefficient (Wildman–Crippen LogP) is -8.71. The van der Waals surface area contributed by atoms with E-state index in [1.807, 2.05) is 0 Å². The number of nitrogens with zero attached hydrogens (tertiary/aromatic N) is 1. The van der Waals surface area contributed by atoms with E-state index in [1.54, 1.807) is 0 Å². The zero-order valence-electron chi connectivity index (χ0n) is 10.3. The van der Waals surface area contributed by atoms with Crippen molar-refractivity contribution < 1.29 is 127 Å². The molecule has 0 aromatic carbocycles. The van der Waals surface area contributed by atoms with Crippen LogP contribution < -0.4 is 113 Å². The zero-order valence-corrected chi connectivity index (χ0v) is 16.5. The molecule has 0 heterocycles. The molecule has 6 nitrogen and oxygen atoms in total. The number of carboxylic acid groups (broad SMARTS) is 2. The van der Waals surface area contributed by atoms with Gasteiger partial charge in [-0.05, 0) is 18.9 Å². The number of carbonyl (C=O) groups excluding carboxylic acids is 3. The quantitative estimate of drug-likeness (QED) is 0.357. The van der Waals surface area contributed by atoms with Crippen molar-refractivity contribution in [3.05, 3.63) is 12.7 Å². The van der Waals surface area contributed by atoms with Crippen molar-refractivity contribution >= 4 is 17.8 Å². The fraction of sp³-hybridized carbons (Fsp3) is 0.444. The first kappa shape index (κ1) is 23.5. The second-order valence-corrected chi connectivity index (χ2v) is 2.90. The van der Waals surface area contributed by atoms with Gasteiger partial charge in [-0.3, -0.25) is 4.79 Å². The number of likely N-dealkylation sites (N-methyl/N-ethyl adjacent to an activating group) is 1. The molecule has 1 amide bonds. The minimum atomic E-state index is -1.51. The molecule has 0 saturated heterocycles. The Morgan fingerprint density at radius 2 is 1.76 bits per heavy atom. The molecule has 17 heavy (non-hydrogen) atoms. The van der Waals surface area contributed by atoms with E-state index in [-0.39, 0.29) is 109 Å². The van der Waals surface area contributed by atoms with Crippen molar-refractivity contribution in [2.45, 2.75) is 18.9 Å². The summed E-state index contributed by atoms with van der Waals surface area (Å²) in [6, 6.07) is -1.28. The summed E-state index contributed by atoms with van der Waals surface area (Å²) in [5.41, 5.74) is 0. The van der Waals surface area contributed by atoms with E-state index in [0.29, 0.717) is 0 Å². The molecule has 0 bridgehead atoms. The Morgan fingerprint density at radius 3 is 2.06 bits per heavy atom. The van der Waals surface area contributed by atoms with Gasteiger partial charge in [0.1, 0.15) is 0 Å². The summed E-state index contributed by atoms with van der Waals surface area (Å²) < 4.78 is 0. The van der Waals surface area contributed by atoms with Gasteiger partial charge in [0.2, 0.25) is 5.91 Å².